The Morgan fingerprint density at radius 2 is 2.05 bits per heavy atom. The van der Waals surface area contributed by atoms with Crippen LogP contribution in [0.5, 0.6) is 0 Å². The van der Waals surface area contributed by atoms with E-state index in [0.29, 0.717) is 15.4 Å². The standard InChI is InChI=1S/C13H15Br2NO4S2/c1-2-6-16(11-5-7-21(17,18)9-11)22(19,20)13-8-10(14)3-4-12(13)15/h2-4,8,11H,1,5-7,9H2/t11-/m1/s1. The van der Waals surface area contributed by atoms with Crippen molar-refractivity contribution in [2.45, 2.75) is 17.4 Å². The summed E-state index contributed by atoms with van der Waals surface area (Å²) in [4.78, 5) is 0.105. The van der Waals surface area contributed by atoms with E-state index in [2.05, 4.69) is 38.4 Å². The van der Waals surface area contributed by atoms with E-state index in [4.69, 9.17) is 0 Å². The van der Waals surface area contributed by atoms with E-state index in [0.717, 1.165) is 0 Å². The maximum Gasteiger partial charge on any atom is 0.244 e. The highest BCUT2D eigenvalue weighted by Crippen LogP contribution is 2.31. The summed E-state index contributed by atoms with van der Waals surface area (Å²) >= 11 is 6.50. The maximum absolute atomic E-state index is 12.9. The second-order valence-electron chi connectivity index (χ2n) is 5.00. The first kappa shape index (κ1) is 18.1. The van der Waals surface area contributed by atoms with Gasteiger partial charge in [0, 0.05) is 21.5 Å². The molecule has 1 aromatic rings. The summed E-state index contributed by atoms with van der Waals surface area (Å²) in [5, 5.41) is 0. The number of hydrogen-bond acceptors (Lipinski definition) is 4. The van der Waals surface area contributed by atoms with Gasteiger partial charge in [0.2, 0.25) is 10.0 Å². The van der Waals surface area contributed by atoms with Gasteiger partial charge in [0.25, 0.3) is 0 Å². The van der Waals surface area contributed by atoms with Crippen molar-refractivity contribution in [1.82, 2.24) is 4.31 Å². The lowest BCUT2D eigenvalue weighted by atomic mass is 10.2. The first-order valence-electron chi connectivity index (χ1n) is 6.45. The van der Waals surface area contributed by atoms with Crippen molar-refractivity contribution in [3.63, 3.8) is 0 Å². The minimum atomic E-state index is -3.83. The molecule has 0 spiro atoms. The molecule has 0 unspecified atom stereocenters. The molecule has 1 heterocycles. The third-order valence-corrected chi connectivity index (χ3v) is 8.56. The van der Waals surface area contributed by atoms with Gasteiger partial charge in [0.1, 0.15) is 0 Å². The van der Waals surface area contributed by atoms with Gasteiger partial charge in [-0.15, -0.1) is 6.58 Å². The number of nitrogens with zero attached hydrogens (tertiary/aromatic N) is 1. The van der Waals surface area contributed by atoms with Crippen LogP contribution in [0, 0.1) is 0 Å². The highest BCUT2D eigenvalue weighted by molar-refractivity contribution is 9.11. The Hall–Kier alpha value is -0.220. The molecule has 0 saturated carbocycles. The number of rotatable bonds is 5. The van der Waals surface area contributed by atoms with E-state index in [1.54, 1.807) is 12.1 Å². The smallest absolute Gasteiger partial charge is 0.229 e. The maximum atomic E-state index is 12.9. The lowest BCUT2D eigenvalue weighted by Gasteiger charge is -2.26. The molecule has 9 heteroatoms. The van der Waals surface area contributed by atoms with E-state index in [1.165, 1.54) is 16.4 Å². The first-order chi connectivity index (χ1) is 10.2. The molecular formula is C13H15Br2NO4S2. The first-order valence-corrected chi connectivity index (χ1v) is 11.3. The van der Waals surface area contributed by atoms with Crippen LogP contribution < -0.4 is 0 Å². The average Bonchev–Trinajstić information content (AvgIpc) is 2.78. The Balaban J connectivity index is 2.47. The molecule has 1 saturated heterocycles. The molecule has 2 rings (SSSR count). The lowest BCUT2D eigenvalue weighted by molar-refractivity contribution is 0.367. The zero-order valence-electron chi connectivity index (χ0n) is 11.6. The highest BCUT2D eigenvalue weighted by Gasteiger charge is 2.38. The summed E-state index contributed by atoms with van der Waals surface area (Å²) in [7, 11) is -7.01. The largest absolute Gasteiger partial charge is 0.244 e. The van der Waals surface area contributed by atoms with Crippen molar-refractivity contribution in [2.75, 3.05) is 18.1 Å². The van der Waals surface area contributed by atoms with Crippen LogP contribution in [0.3, 0.4) is 0 Å². The summed E-state index contributed by atoms with van der Waals surface area (Å²) in [6.45, 7) is 3.65. The quantitative estimate of drug-likeness (QED) is 0.617. The van der Waals surface area contributed by atoms with Crippen LogP contribution in [-0.4, -0.2) is 45.2 Å². The fourth-order valence-corrected chi connectivity index (χ4v) is 7.29. The molecule has 22 heavy (non-hydrogen) atoms. The van der Waals surface area contributed by atoms with E-state index in [-0.39, 0.29) is 22.9 Å². The van der Waals surface area contributed by atoms with Crippen molar-refractivity contribution in [3.8, 4) is 0 Å². The number of sulfone groups is 1. The van der Waals surface area contributed by atoms with Crippen molar-refractivity contribution in [1.29, 1.82) is 0 Å². The Morgan fingerprint density at radius 1 is 1.36 bits per heavy atom. The van der Waals surface area contributed by atoms with Crippen LogP contribution in [0.1, 0.15) is 6.42 Å². The summed E-state index contributed by atoms with van der Waals surface area (Å²) in [5.41, 5.74) is 0. The minimum absolute atomic E-state index is 0.0144. The van der Waals surface area contributed by atoms with Crippen LogP contribution in [0.2, 0.25) is 0 Å². The molecule has 0 N–H and O–H groups in total. The molecule has 1 aliphatic heterocycles. The fraction of sp³-hybridized carbons (Fsp3) is 0.385. The molecule has 0 bridgehead atoms. The summed E-state index contributed by atoms with van der Waals surface area (Å²) in [5.74, 6) is -0.133. The van der Waals surface area contributed by atoms with Gasteiger partial charge in [-0.25, -0.2) is 16.8 Å². The molecule has 0 aromatic heterocycles. The molecule has 1 fully saturated rings. The second-order valence-corrected chi connectivity index (χ2v) is 10.9. The molecule has 0 amide bonds. The summed E-state index contributed by atoms with van der Waals surface area (Å²) in [6.07, 6.45) is 1.77. The predicted octanol–water partition coefficient (Wildman–Crippen LogP) is 2.58. The lowest BCUT2D eigenvalue weighted by Crippen LogP contribution is -2.41. The van der Waals surface area contributed by atoms with Crippen molar-refractivity contribution >= 4 is 51.7 Å². The molecule has 122 valence electrons. The molecule has 0 radical (unpaired) electrons. The topological polar surface area (TPSA) is 71.5 Å². The van der Waals surface area contributed by atoms with E-state index < -0.39 is 25.9 Å². The zero-order chi connectivity index (χ0) is 16.5. The Kier molecular flexibility index (Phi) is 5.54. The molecular weight excluding hydrogens is 458 g/mol. The number of sulfonamides is 1. The number of halogens is 2. The number of hydrogen-bond donors (Lipinski definition) is 0. The molecule has 1 aliphatic rings. The molecule has 0 aliphatic carbocycles. The Morgan fingerprint density at radius 3 is 2.59 bits per heavy atom. The van der Waals surface area contributed by atoms with Crippen LogP contribution in [0.15, 0.2) is 44.7 Å². The molecule has 1 atom stereocenters. The van der Waals surface area contributed by atoms with Crippen LogP contribution in [-0.2, 0) is 19.9 Å². The van der Waals surface area contributed by atoms with Crippen LogP contribution >= 0.6 is 31.9 Å². The minimum Gasteiger partial charge on any atom is -0.229 e. The van der Waals surface area contributed by atoms with Gasteiger partial charge in [0.05, 0.1) is 16.4 Å². The summed E-state index contributed by atoms with van der Waals surface area (Å²) in [6, 6.07) is 4.30. The Bertz CT molecular complexity index is 790. The van der Waals surface area contributed by atoms with Gasteiger partial charge < -0.3 is 0 Å². The van der Waals surface area contributed by atoms with E-state index in [1.807, 2.05) is 0 Å². The van der Waals surface area contributed by atoms with Gasteiger partial charge in [0.15, 0.2) is 9.84 Å². The van der Waals surface area contributed by atoms with Crippen molar-refractivity contribution < 1.29 is 16.8 Å². The highest BCUT2D eigenvalue weighted by atomic mass is 79.9. The normalized spacial score (nSPS) is 21.1. The van der Waals surface area contributed by atoms with E-state index in [9.17, 15) is 16.8 Å². The third kappa shape index (κ3) is 3.81. The van der Waals surface area contributed by atoms with E-state index >= 15 is 0 Å². The van der Waals surface area contributed by atoms with Crippen LogP contribution in [0.25, 0.3) is 0 Å². The van der Waals surface area contributed by atoms with Gasteiger partial charge in [-0.3, -0.25) is 0 Å². The molecule has 1 aromatic carbocycles. The van der Waals surface area contributed by atoms with Crippen molar-refractivity contribution in [3.05, 3.63) is 39.8 Å². The average molecular weight is 473 g/mol. The summed E-state index contributed by atoms with van der Waals surface area (Å²) < 4.78 is 51.5. The van der Waals surface area contributed by atoms with Gasteiger partial charge >= 0.3 is 0 Å². The number of benzene rings is 1. The van der Waals surface area contributed by atoms with Gasteiger partial charge in [-0.05, 0) is 40.5 Å². The Labute approximate surface area is 147 Å². The van der Waals surface area contributed by atoms with Gasteiger partial charge in [-0.1, -0.05) is 22.0 Å². The zero-order valence-corrected chi connectivity index (χ0v) is 16.4. The third-order valence-electron chi connectivity index (χ3n) is 3.40. The monoisotopic (exact) mass is 471 g/mol. The fourth-order valence-electron chi connectivity index (χ4n) is 2.37. The second kappa shape index (κ2) is 6.72. The predicted molar refractivity (Wildman–Crippen MR) is 93.0 cm³/mol. The molecule has 5 nitrogen and oxygen atoms in total. The van der Waals surface area contributed by atoms with Gasteiger partial charge in [-0.2, -0.15) is 4.31 Å². The SMILES string of the molecule is C=CCN([C@@H]1CCS(=O)(=O)C1)S(=O)(=O)c1cc(Br)ccc1Br. The van der Waals surface area contributed by atoms with Crippen LogP contribution in [0.4, 0.5) is 0 Å². The van der Waals surface area contributed by atoms with Crippen molar-refractivity contribution in [2.24, 2.45) is 0 Å².